The Bertz CT molecular complexity index is 390. The van der Waals surface area contributed by atoms with Crippen LogP contribution in [0.3, 0.4) is 0 Å². The molecule has 2 aromatic rings. The van der Waals surface area contributed by atoms with Crippen molar-refractivity contribution in [1.29, 1.82) is 0 Å². The van der Waals surface area contributed by atoms with Gasteiger partial charge in [0.25, 0.3) is 0 Å². The first-order valence-corrected chi connectivity index (χ1v) is 5.88. The van der Waals surface area contributed by atoms with E-state index in [2.05, 4.69) is 30.9 Å². The van der Waals surface area contributed by atoms with Crippen molar-refractivity contribution in [2.45, 2.75) is 9.37 Å². The lowest BCUT2D eigenvalue weighted by Crippen LogP contribution is -1.81. The fourth-order valence-electron chi connectivity index (χ4n) is 0.723. The molecular formula is C7H4BrN3S2. The molecule has 66 valence electrons. The molecule has 0 aliphatic rings. The molecule has 0 aliphatic heterocycles. The van der Waals surface area contributed by atoms with Crippen molar-refractivity contribution < 1.29 is 0 Å². The van der Waals surface area contributed by atoms with Crippen molar-refractivity contribution in [3.8, 4) is 0 Å². The van der Waals surface area contributed by atoms with Gasteiger partial charge in [0.05, 0.1) is 0 Å². The molecule has 3 nitrogen and oxygen atoms in total. The molecule has 0 unspecified atom stereocenters. The van der Waals surface area contributed by atoms with Gasteiger partial charge in [-0.05, 0) is 27.7 Å². The highest BCUT2D eigenvalue weighted by molar-refractivity contribution is 9.10. The molecule has 0 aliphatic carbocycles. The third-order valence-corrected chi connectivity index (χ3v) is 3.46. The Balaban J connectivity index is 2.19. The monoisotopic (exact) mass is 273 g/mol. The lowest BCUT2D eigenvalue weighted by Gasteiger charge is -1.95. The van der Waals surface area contributed by atoms with Gasteiger partial charge in [0, 0.05) is 17.6 Å². The number of nitrogens with zero attached hydrogens (tertiary/aromatic N) is 3. The molecule has 0 bridgehead atoms. The second kappa shape index (κ2) is 4.17. The molecule has 13 heavy (non-hydrogen) atoms. The summed E-state index contributed by atoms with van der Waals surface area (Å²) >= 11 is 6.42. The fraction of sp³-hybridized carbons (Fsp3) is 0. The topological polar surface area (TPSA) is 38.7 Å². The van der Waals surface area contributed by atoms with E-state index in [0.29, 0.717) is 0 Å². The van der Waals surface area contributed by atoms with Crippen LogP contribution in [0.5, 0.6) is 0 Å². The summed E-state index contributed by atoms with van der Waals surface area (Å²) in [6, 6.07) is 1.87. The first kappa shape index (κ1) is 9.11. The number of hydrogen-bond donors (Lipinski definition) is 0. The lowest BCUT2D eigenvalue weighted by molar-refractivity contribution is 1.02. The summed E-state index contributed by atoms with van der Waals surface area (Å²) in [5.41, 5.74) is 0. The second-order valence-electron chi connectivity index (χ2n) is 2.08. The number of thiazole rings is 1. The molecule has 0 saturated carbocycles. The van der Waals surface area contributed by atoms with Crippen molar-refractivity contribution in [2.24, 2.45) is 0 Å². The Morgan fingerprint density at radius 1 is 1.31 bits per heavy atom. The van der Waals surface area contributed by atoms with Gasteiger partial charge in [-0.25, -0.2) is 15.0 Å². The molecule has 0 fully saturated rings. The summed E-state index contributed by atoms with van der Waals surface area (Å²) in [5.74, 6) is 0. The van der Waals surface area contributed by atoms with Crippen LogP contribution in [-0.4, -0.2) is 15.0 Å². The highest BCUT2D eigenvalue weighted by Gasteiger charge is 2.01. The minimum absolute atomic E-state index is 0.793. The fourth-order valence-corrected chi connectivity index (χ4v) is 2.72. The van der Waals surface area contributed by atoms with E-state index in [-0.39, 0.29) is 0 Å². The average molecular weight is 274 g/mol. The molecule has 0 radical (unpaired) electrons. The van der Waals surface area contributed by atoms with Gasteiger partial charge in [-0.2, -0.15) is 0 Å². The summed E-state index contributed by atoms with van der Waals surface area (Å²) in [5, 5.41) is 2.84. The first-order valence-electron chi connectivity index (χ1n) is 3.39. The molecule has 0 N–H and O–H groups in total. The van der Waals surface area contributed by atoms with Crippen molar-refractivity contribution in [2.75, 3.05) is 0 Å². The zero-order chi connectivity index (χ0) is 9.10. The van der Waals surface area contributed by atoms with Gasteiger partial charge < -0.3 is 0 Å². The minimum Gasteiger partial charge on any atom is -0.238 e. The maximum absolute atomic E-state index is 4.15. The van der Waals surface area contributed by atoms with E-state index in [4.69, 9.17) is 0 Å². The summed E-state index contributed by atoms with van der Waals surface area (Å²) in [4.78, 5) is 12.2. The highest BCUT2D eigenvalue weighted by atomic mass is 79.9. The summed E-state index contributed by atoms with van der Waals surface area (Å²) in [6.07, 6.45) is 3.31. The van der Waals surface area contributed by atoms with E-state index in [1.807, 2.05) is 11.4 Å². The quantitative estimate of drug-likeness (QED) is 0.789. The molecule has 0 atom stereocenters. The highest BCUT2D eigenvalue weighted by Crippen LogP contribution is 2.27. The van der Waals surface area contributed by atoms with Crippen LogP contribution >= 0.6 is 39.0 Å². The molecular weight excluding hydrogens is 270 g/mol. The number of aromatic nitrogens is 3. The van der Waals surface area contributed by atoms with Gasteiger partial charge in [-0.1, -0.05) is 0 Å². The van der Waals surface area contributed by atoms with Gasteiger partial charge in [-0.3, -0.25) is 0 Å². The van der Waals surface area contributed by atoms with Crippen molar-refractivity contribution >= 4 is 39.0 Å². The van der Waals surface area contributed by atoms with E-state index in [1.165, 1.54) is 18.1 Å². The summed E-state index contributed by atoms with van der Waals surface area (Å²) < 4.78 is 1.78. The zero-order valence-electron chi connectivity index (χ0n) is 6.35. The molecule has 0 aromatic carbocycles. The van der Waals surface area contributed by atoms with E-state index in [9.17, 15) is 0 Å². The third-order valence-electron chi connectivity index (χ3n) is 1.21. The van der Waals surface area contributed by atoms with Crippen LogP contribution in [0.2, 0.25) is 0 Å². The Hall–Kier alpha value is -0.460. The van der Waals surface area contributed by atoms with Gasteiger partial charge >= 0.3 is 0 Å². The Morgan fingerprint density at radius 2 is 2.23 bits per heavy atom. The number of hydrogen-bond acceptors (Lipinski definition) is 5. The van der Waals surface area contributed by atoms with Gasteiger partial charge in [-0.15, -0.1) is 11.3 Å². The predicted molar refractivity (Wildman–Crippen MR) is 56.0 cm³/mol. The van der Waals surface area contributed by atoms with Crippen LogP contribution in [-0.2, 0) is 0 Å². The molecule has 6 heteroatoms. The maximum atomic E-state index is 4.15. The Morgan fingerprint density at radius 3 is 2.92 bits per heavy atom. The number of rotatable bonds is 2. The molecule has 0 saturated heterocycles. The van der Waals surface area contributed by atoms with Crippen LogP contribution in [0.15, 0.2) is 37.9 Å². The van der Waals surface area contributed by atoms with Gasteiger partial charge in [0.15, 0.2) is 4.34 Å². The Labute approximate surface area is 91.8 Å². The third kappa shape index (κ3) is 2.49. The Kier molecular flexibility index (Phi) is 2.92. The molecule has 2 aromatic heterocycles. The zero-order valence-corrected chi connectivity index (χ0v) is 9.56. The summed E-state index contributed by atoms with van der Waals surface area (Å²) in [6.45, 7) is 0. The summed E-state index contributed by atoms with van der Waals surface area (Å²) in [7, 11) is 0. The lowest BCUT2D eigenvalue weighted by atomic mass is 10.7. The molecule has 0 amide bonds. The normalized spacial score (nSPS) is 10.2. The minimum atomic E-state index is 0.793. The van der Waals surface area contributed by atoms with Crippen LogP contribution in [0.4, 0.5) is 0 Å². The van der Waals surface area contributed by atoms with Crippen molar-refractivity contribution in [1.82, 2.24) is 15.0 Å². The van der Waals surface area contributed by atoms with E-state index < -0.39 is 0 Å². The smallest absolute Gasteiger partial charge is 0.156 e. The van der Waals surface area contributed by atoms with Crippen molar-refractivity contribution in [3.05, 3.63) is 28.6 Å². The van der Waals surface area contributed by atoms with Crippen LogP contribution < -0.4 is 0 Å². The van der Waals surface area contributed by atoms with E-state index in [0.717, 1.165) is 14.0 Å². The standard InChI is InChI=1S/C7H4BrN3S2/c8-5-3-6(11-4-10-5)13-7-9-1-2-12-7/h1-4H. The van der Waals surface area contributed by atoms with Crippen molar-refractivity contribution in [3.63, 3.8) is 0 Å². The van der Waals surface area contributed by atoms with Gasteiger partial charge in [0.1, 0.15) is 16.0 Å². The average Bonchev–Trinajstić information content (AvgIpc) is 2.57. The number of halogens is 1. The first-order chi connectivity index (χ1) is 6.34. The SMILES string of the molecule is Brc1cc(Sc2nccs2)ncn1. The second-order valence-corrected chi connectivity index (χ2v) is 5.05. The predicted octanol–water partition coefficient (Wildman–Crippen LogP) is 2.85. The van der Waals surface area contributed by atoms with Crippen LogP contribution in [0.25, 0.3) is 0 Å². The maximum Gasteiger partial charge on any atom is 0.156 e. The molecule has 2 rings (SSSR count). The molecule has 0 spiro atoms. The van der Waals surface area contributed by atoms with Gasteiger partial charge in [0.2, 0.25) is 0 Å². The molecule has 2 heterocycles. The largest absolute Gasteiger partial charge is 0.238 e. The van der Waals surface area contributed by atoms with Crippen LogP contribution in [0.1, 0.15) is 0 Å². The van der Waals surface area contributed by atoms with E-state index in [1.54, 1.807) is 17.5 Å². The van der Waals surface area contributed by atoms with Crippen LogP contribution in [0, 0.1) is 0 Å². The van der Waals surface area contributed by atoms with E-state index >= 15 is 0 Å².